The highest BCUT2D eigenvalue weighted by Crippen LogP contribution is 2.30. The summed E-state index contributed by atoms with van der Waals surface area (Å²) in [4.78, 5) is 14.2. The molecule has 2 aromatic carbocycles. The number of benzene rings is 2. The van der Waals surface area contributed by atoms with E-state index < -0.39 is 0 Å². The van der Waals surface area contributed by atoms with Gasteiger partial charge in [-0.05, 0) is 30.7 Å². The molecule has 0 saturated heterocycles. The molecule has 1 unspecified atom stereocenters. The van der Waals surface area contributed by atoms with E-state index in [0.717, 1.165) is 16.9 Å². The van der Waals surface area contributed by atoms with Gasteiger partial charge in [0.05, 0.1) is 12.6 Å². The smallest absolute Gasteiger partial charge is 0.261 e. The molecule has 0 radical (unpaired) electrons. The van der Waals surface area contributed by atoms with Crippen molar-refractivity contribution in [2.24, 2.45) is 0 Å². The molecule has 4 heteroatoms. The average Bonchev–Trinajstić information content (AvgIpc) is 2.67. The molecular weight excluding hydrogens is 286 g/mol. The second kappa shape index (κ2) is 5.78. The maximum absolute atomic E-state index is 12.4. The van der Waals surface area contributed by atoms with Gasteiger partial charge in [-0.3, -0.25) is 4.79 Å². The number of ether oxygens (including phenoxy) is 1. The molecule has 0 aliphatic carbocycles. The van der Waals surface area contributed by atoms with Crippen molar-refractivity contribution < 1.29 is 9.53 Å². The Morgan fingerprint density at radius 2 is 1.95 bits per heavy atom. The molecule has 0 spiro atoms. The first-order valence-corrected chi connectivity index (χ1v) is 7.28. The summed E-state index contributed by atoms with van der Waals surface area (Å²) in [6, 6.07) is 15.4. The molecule has 1 aliphatic rings. The van der Waals surface area contributed by atoms with E-state index in [4.69, 9.17) is 16.3 Å². The first kappa shape index (κ1) is 14.0. The molecule has 2 aromatic rings. The van der Waals surface area contributed by atoms with Gasteiger partial charge in [0.1, 0.15) is 5.75 Å². The van der Waals surface area contributed by atoms with E-state index in [9.17, 15) is 4.79 Å². The summed E-state index contributed by atoms with van der Waals surface area (Å²) in [6.07, 6.45) is 0. The lowest BCUT2D eigenvalue weighted by molar-refractivity contribution is -0.135. The van der Waals surface area contributed by atoms with Crippen molar-refractivity contribution >= 4 is 17.5 Å². The molecule has 3 nitrogen and oxygen atoms in total. The third-order valence-corrected chi connectivity index (χ3v) is 4.02. The van der Waals surface area contributed by atoms with Crippen LogP contribution in [0.5, 0.6) is 5.75 Å². The standard InChI is InChI=1S/C17H16ClNO2/c1-12(13-5-3-2-4-6-13)19-10-14-9-15(18)7-8-16(14)21-11-17(19)20/h2-9,12H,10-11H2,1H3. The first-order valence-electron chi connectivity index (χ1n) is 6.91. The quantitative estimate of drug-likeness (QED) is 0.844. The lowest BCUT2D eigenvalue weighted by Crippen LogP contribution is -2.34. The number of hydrogen-bond acceptors (Lipinski definition) is 2. The van der Waals surface area contributed by atoms with Gasteiger partial charge in [-0.1, -0.05) is 41.9 Å². The van der Waals surface area contributed by atoms with E-state index in [1.54, 1.807) is 6.07 Å². The van der Waals surface area contributed by atoms with Crippen LogP contribution in [0.2, 0.25) is 5.02 Å². The van der Waals surface area contributed by atoms with E-state index in [2.05, 4.69) is 0 Å². The minimum Gasteiger partial charge on any atom is -0.483 e. The Bertz CT molecular complexity index is 657. The van der Waals surface area contributed by atoms with Crippen LogP contribution in [-0.4, -0.2) is 17.4 Å². The predicted molar refractivity (Wildman–Crippen MR) is 82.4 cm³/mol. The third kappa shape index (κ3) is 2.88. The summed E-state index contributed by atoms with van der Waals surface area (Å²) in [5.74, 6) is 0.717. The Morgan fingerprint density at radius 3 is 2.71 bits per heavy atom. The Hall–Kier alpha value is -2.00. The van der Waals surface area contributed by atoms with Crippen molar-refractivity contribution in [2.75, 3.05) is 6.61 Å². The van der Waals surface area contributed by atoms with Gasteiger partial charge >= 0.3 is 0 Å². The number of halogens is 1. The summed E-state index contributed by atoms with van der Waals surface area (Å²) in [7, 11) is 0. The van der Waals surface area contributed by atoms with E-state index in [-0.39, 0.29) is 18.6 Å². The summed E-state index contributed by atoms with van der Waals surface area (Å²) in [5.41, 5.74) is 2.05. The molecule has 108 valence electrons. The van der Waals surface area contributed by atoms with E-state index in [1.807, 2.05) is 54.3 Å². The van der Waals surface area contributed by atoms with Crippen LogP contribution in [0.4, 0.5) is 0 Å². The molecule has 0 fully saturated rings. The Balaban J connectivity index is 1.93. The summed E-state index contributed by atoms with van der Waals surface area (Å²) < 4.78 is 5.58. The Kier molecular flexibility index (Phi) is 3.84. The molecule has 1 heterocycles. The second-order valence-electron chi connectivity index (χ2n) is 5.15. The average molecular weight is 302 g/mol. The fraction of sp³-hybridized carbons (Fsp3) is 0.235. The first-order chi connectivity index (χ1) is 10.1. The van der Waals surface area contributed by atoms with Crippen LogP contribution in [-0.2, 0) is 11.3 Å². The lowest BCUT2D eigenvalue weighted by Gasteiger charge is -2.28. The summed E-state index contributed by atoms with van der Waals surface area (Å²) >= 11 is 6.05. The lowest BCUT2D eigenvalue weighted by atomic mass is 10.1. The van der Waals surface area contributed by atoms with Crippen LogP contribution in [0, 0.1) is 0 Å². The van der Waals surface area contributed by atoms with Gasteiger partial charge in [-0.25, -0.2) is 0 Å². The maximum Gasteiger partial charge on any atom is 0.261 e. The molecule has 0 aromatic heterocycles. The number of amides is 1. The number of hydrogen-bond donors (Lipinski definition) is 0. The minimum atomic E-state index is -0.0151. The maximum atomic E-state index is 12.4. The van der Waals surface area contributed by atoms with Gasteiger partial charge < -0.3 is 9.64 Å². The molecule has 21 heavy (non-hydrogen) atoms. The predicted octanol–water partition coefficient (Wildman–Crippen LogP) is 3.82. The number of carbonyl (C=O) groups is 1. The molecule has 3 rings (SSSR count). The van der Waals surface area contributed by atoms with Gasteiger partial charge in [0.15, 0.2) is 6.61 Å². The van der Waals surface area contributed by atoms with Crippen molar-refractivity contribution in [3.05, 3.63) is 64.7 Å². The summed E-state index contributed by atoms with van der Waals surface area (Å²) in [6.45, 7) is 2.60. The van der Waals surface area contributed by atoms with Crippen molar-refractivity contribution in [3.8, 4) is 5.75 Å². The van der Waals surface area contributed by atoms with Gasteiger partial charge in [-0.15, -0.1) is 0 Å². The number of carbonyl (C=O) groups excluding carboxylic acids is 1. The van der Waals surface area contributed by atoms with Gasteiger partial charge in [0.2, 0.25) is 0 Å². The van der Waals surface area contributed by atoms with Crippen LogP contribution >= 0.6 is 11.6 Å². The van der Waals surface area contributed by atoms with Crippen LogP contribution in [0.15, 0.2) is 48.5 Å². The zero-order valence-corrected chi connectivity index (χ0v) is 12.5. The zero-order valence-electron chi connectivity index (χ0n) is 11.8. The summed E-state index contributed by atoms with van der Waals surface area (Å²) in [5, 5.41) is 0.652. The van der Waals surface area contributed by atoms with Crippen LogP contribution < -0.4 is 4.74 Å². The van der Waals surface area contributed by atoms with E-state index in [1.165, 1.54) is 0 Å². The van der Waals surface area contributed by atoms with Crippen molar-refractivity contribution in [2.45, 2.75) is 19.5 Å². The van der Waals surface area contributed by atoms with Crippen molar-refractivity contribution in [3.63, 3.8) is 0 Å². The fourth-order valence-corrected chi connectivity index (χ4v) is 2.77. The molecule has 0 bridgehead atoms. The van der Waals surface area contributed by atoms with Crippen molar-refractivity contribution in [1.29, 1.82) is 0 Å². The molecule has 0 saturated carbocycles. The Morgan fingerprint density at radius 1 is 1.19 bits per heavy atom. The SMILES string of the molecule is CC(c1ccccc1)N1Cc2cc(Cl)ccc2OCC1=O. The van der Waals surface area contributed by atoms with Gasteiger partial charge in [0.25, 0.3) is 5.91 Å². The van der Waals surface area contributed by atoms with E-state index >= 15 is 0 Å². The van der Waals surface area contributed by atoms with E-state index in [0.29, 0.717) is 11.6 Å². The topological polar surface area (TPSA) is 29.5 Å². The fourth-order valence-electron chi connectivity index (χ4n) is 2.57. The number of fused-ring (bicyclic) bond motifs is 1. The van der Waals surface area contributed by atoms with Gasteiger partial charge in [-0.2, -0.15) is 0 Å². The molecular formula is C17H16ClNO2. The van der Waals surface area contributed by atoms with Gasteiger partial charge in [0, 0.05) is 10.6 Å². The third-order valence-electron chi connectivity index (χ3n) is 3.78. The van der Waals surface area contributed by atoms with Crippen LogP contribution in [0.1, 0.15) is 24.1 Å². The zero-order chi connectivity index (χ0) is 14.8. The monoisotopic (exact) mass is 301 g/mol. The number of nitrogens with zero attached hydrogens (tertiary/aromatic N) is 1. The molecule has 1 aliphatic heterocycles. The largest absolute Gasteiger partial charge is 0.483 e. The Labute approximate surface area is 129 Å². The van der Waals surface area contributed by atoms with Crippen molar-refractivity contribution in [1.82, 2.24) is 4.90 Å². The highest BCUT2D eigenvalue weighted by Gasteiger charge is 2.26. The molecule has 1 amide bonds. The van der Waals surface area contributed by atoms with Crippen LogP contribution in [0.25, 0.3) is 0 Å². The second-order valence-corrected chi connectivity index (χ2v) is 5.59. The number of rotatable bonds is 2. The minimum absolute atomic E-state index is 0.00719. The highest BCUT2D eigenvalue weighted by atomic mass is 35.5. The van der Waals surface area contributed by atoms with Crippen LogP contribution in [0.3, 0.4) is 0 Å². The molecule has 0 N–H and O–H groups in total. The highest BCUT2D eigenvalue weighted by molar-refractivity contribution is 6.30. The molecule has 1 atom stereocenters. The normalized spacial score (nSPS) is 15.9.